The van der Waals surface area contributed by atoms with Gasteiger partial charge in [0.05, 0.1) is 45.3 Å². The molecule has 0 bridgehead atoms. The van der Waals surface area contributed by atoms with E-state index in [1.807, 2.05) is 11.8 Å². The van der Waals surface area contributed by atoms with Crippen molar-refractivity contribution in [3.05, 3.63) is 14.9 Å². The topological polar surface area (TPSA) is 0 Å². The standard InChI is InChI=1S/2C25H46P2.2CH3.2Pt/c2*1-5-13-22(14-6-1)26(23-15-7-2-8-16-23)21-27(24-17-9-3-10-18-24)25-19-11-4-12-20-25;;;;/h2*22-25H,1-21H2;2*1H3;;/q;;2*-1;;/p+4. The fourth-order valence-corrected chi connectivity index (χ4v) is 39.6. The first-order chi connectivity index (χ1) is 26.8. The Bertz CT molecular complexity index is 740. The summed E-state index contributed by atoms with van der Waals surface area (Å²) < 4.78 is 0. The maximum Gasteiger partial charge on any atom is 0.156 e. The van der Waals surface area contributed by atoms with E-state index in [2.05, 4.69) is 0 Å². The first kappa shape index (κ1) is 55.4. The van der Waals surface area contributed by atoms with Crippen LogP contribution in [0.1, 0.15) is 257 Å². The Morgan fingerprint density at radius 1 is 0.190 bits per heavy atom. The molecule has 8 rings (SSSR count). The summed E-state index contributed by atoms with van der Waals surface area (Å²) in [6.07, 6.45) is 64.1. The van der Waals surface area contributed by atoms with Crippen LogP contribution in [0.2, 0.25) is 0 Å². The fourth-order valence-electron chi connectivity index (χ4n) is 14.7. The van der Waals surface area contributed by atoms with Gasteiger partial charge in [0.1, 0.15) is 0 Å². The number of rotatable bonds is 12. The summed E-state index contributed by atoms with van der Waals surface area (Å²) in [6, 6.07) is 0. The molecule has 0 nitrogen and oxygen atoms in total. The molecule has 0 saturated heterocycles. The second-order valence-electron chi connectivity index (χ2n) is 21.3. The fraction of sp³-hybridized carbons (Fsp3) is 0.962. The van der Waals surface area contributed by atoms with Gasteiger partial charge in [0.15, 0.2) is 11.8 Å². The predicted molar refractivity (Wildman–Crippen MR) is 271 cm³/mol. The molecule has 0 radical (unpaired) electrons. The van der Waals surface area contributed by atoms with E-state index in [-0.39, 0.29) is 88.7 Å². The summed E-state index contributed by atoms with van der Waals surface area (Å²) in [4.78, 5) is 0. The van der Waals surface area contributed by atoms with Crippen LogP contribution in [0.5, 0.6) is 0 Å². The summed E-state index contributed by atoms with van der Waals surface area (Å²) in [6.45, 7) is 0. The SMILES string of the molecule is C1CCC([PH+](C[PH+](C2CCCCC2)C2CCCCC2)C2CCCCC2)CC1.C1CCC([PH+](C[PH+](C2CCCCC2)C2CCCCC2)C2CCCCC2)CC1.[CH3-].[CH3-].[Pt].[Pt]. The van der Waals surface area contributed by atoms with Gasteiger partial charge in [-0.1, -0.05) is 51.4 Å². The molecule has 0 aromatic heterocycles. The Balaban J connectivity index is 0.000000290. The van der Waals surface area contributed by atoms with Crippen molar-refractivity contribution >= 4 is 31.7 Å². The summed E-state index contributed by atoms with van der Waals surface area (Å²) in [5.74, 6) is 3.72. The Hall–Kier alpha value is 3.10. The minimum absolute atomic E-state index is 0. The van der Waals surface area contributed by atoms with Crippen LogP contribution in [-0.4, -0.2) is 57.1 Å². The molecule has 348 valence electrons. The van der Waals surface area contributed by atoms with E-state index >= 15 is 0 Å². The van der Waals surface area contributed by atoms with Crippen LogP contribution < -0.4 is 0 Å². The van der Waals surface area contributed by atoms with Crippen molar-refractivity contribution in [3.8, 4) is 0 Å². The first-order valence-electron chi connectivity index (χ1n) is 26.3. The van der Waals surface area contributed by atoms with E-state index in [9.17, 15) is 0 Å². The molecule has 0 aromatic carbocycles. The molecular formula is C52H102P4Pt2+2. The summed E-state index contributed by atoms with van der Waals surface area (Å²) in [7, 11) is -0.384. The first-order valence-corrected chi connectivity index (χ1v) is 33.7. The van der Waals surface area contributed by atoms with E-state index in [0.29, 0.717) is 0 Å². The van der Waals surface area contributed by atoms with E-state index in [4.69, 9.17) is 0 Å². The third-order valence-corrected chi connectivity index (χ3v) is 37.4. The molecule has 0 unspecified atom stereocenters. The van der Waals surface area contributed by atoms with E-state index in [1.54, 1.807) is 257 Å². The average Bonchev–Trinajstić information content (AvgIpc) is 3.27. The van der Waals surface area contributed by atoms with Gasteiger partial charge in [-0.25, -0.2) is 0 Å². The zero-order valence-electron chi connectivity index (χ0n) is 38.9. The Labute approximate surface area is 399 Å². The van der Waals surface area contributed by atoms with Crippen LogP contribution in [0.15, 0.2) is 0 Å². The van der Waals surface area contributed by atoms with Gasteiger partial charge in [-0.15, -0.1) is 0 Å². The molecule has 0 N–H and O–H groups in total. The molecule has 0 atom stereocenters. The second kappa shape index (κ2) is 31.9. The molecule has 0 spiro atoms. The Morgan fingerprint density at radius 3 is 0.397 bits per heavy atom. The molecule has 8 saturated carbocycles. The zero-order valence-corrected chi connectivity index (χ0v) is 47.5. The summed E-state index contributed by atoms with van der Waals surface area (Å²) >= 11 is 0. The normalized spacial score (nSPS) is 26.3. The van der Waals surface area contributed by atoms with Crippen LogP contribution >= 0.6 is 31.7 Å². The minimum Gasteiger partial charge on any atom is -0.358 e. The van der Waals surface area contributed by atoms with E-state index < -0.39 is 0 Å². The molecule has 8 aliphatic rings. The smallest absolute Gasteiger partial charge is 0.156 e. The van der Waals surface area contributed by atoms with Crippen LogP contribution in [-0.2, 0) is 42.1 Å². The van der Waals surface area contributed by atoms with Gasteiger partial charge in [0.2, 0.25) is 0 Å². The van der Waals surface area contributed by atoms with Crippen LogP contribution in [0.3, 0.4) is 0 Å². The summed E-state index contributed by atoms with van der Waals surface area (Å²) in [5, 5.41) is 0. The zero-order chi connectivity index (χ0) is 36.6. The molecule has 0 aliphatic heterocycles. The molecule has 58 heavy (non-hydrogen) atoms. The van der Waals surface area contributed by atoms with Crippen LogP contribution in [0.25, 0.3) is 0 Å². The molecule has 8 aliphatic carbocycles. The molecule has 0 amide bonds. The third-order valence-electron chi connectivity index (χ3n) is 17.9. The number of hydrogen-bond acceptors (Lipinski definition) is 0. The maximum atomic E-state index is 1.86. The van der Waals surface area contributed by atoms with Crippen molar-refractivity contribution in [2.45, 2.75) is 302 Å². The quantitative estimate of drug-likeness (QED) is 0.135. The summed E-state index contributed by atoms with van der Waals surface area (Å²) in [5.41, 5.74) is 9.88. The third kappa shape index (κ3) is 17.4. The molecule has 6 heteroatoms. The maximum absolute atomic E-state index is 1.86. The molecule has 0 heterocycles. The van der Waals surface area contributed by atoms with Gasteiger partial charge in [-0.3, -0.25) is 0 Å². The minimum atomic E-state index is -0.0959. The van der Waals surface area contributed by atoms with Crippen molar-refractivity contribution in [2.75, 3.05) is 11.8 Å². The van der Waals surface area contributed by atoms with Gasteiger partial charge in [-0.05, 0) is 205 Å². The van der Waals surface area contributed by atoms with Crippen molar-refractivity contribution in [2.24, 2.45) is 0 Å². The van der Waals surface area contributed by atoms with Crippen molar-refractivity contribution < 1.29 is 42.1 Å². The molecular weight excluding hydrogens is 1140 g/mol. The van der Waals surface area contributed by atoms with Crippen molar-refractivity contribution in [1.82, 2.24) is 0 Å². The van der Waals surface area contributed by atoms with E-state index in [0.717, 1.165) is 0 Å². The Kier molecular flexibility index (Phi) is 30.5. The molecule has 8 fully saturated rings. The predicted octanol–water partition coefficient (Wildman–Crippen LogP) is 18.3. The number of hydrogen-bond donors (Lipinski definition) is 0. The Morgan fingerprint density at radius 2 is 0.293 bits per heavy atom. The van der Waals surface area contributed by atoms with E-state index in [1.165, 1.54) is 45.3 Å². The average molecular weight is 1240 g/mol. The van der Waals surface area contributed by atoms with Crippen molar-refractivity contribution in [3.63, 3.8) is 0 Å². The molecule has 0 aromatic rings. The largest absolute Gasteiger partial charge is 0.358 e. The second-order valence-corrected chi connectivity index (χ2v) is 35.3. The van der Waals surface area contributed by atoms with Gasteiger partial charge in [-0.2, -0.15) is 0 Å². The van der Waals surface area contributed by atoms with Gasteiger partial charge >= 0.3 is 0 Å². The monoisotopic (exact) mass is 1240 g/mol. The van der Waals surface area contributed by atoms with Gasteiger partial charge < -0.3 is 14.9 Å². The van der Waals surface area contributed by atoms with Gasteiger partial charge in [0.25, 0.3) is 0 Å². The van der Waals surface area contributed by atoms with Crippen LogP contribution in [0.4, 0.5) is 0 Å². The van der Waals surface area contributed by atoms with Crippen LogP contribution in [0, 0.1) is 14.9 Å². The van der Waals surface area contributed by atoms with Crippen molar-refractivity contribution in [1.29, 1.82) is 0 Å². The van der Waals surface area contributed by atoms with Gasteiger partial charge in [0, 0.05) is 73.8 Å².